The zero-order valence-electron chi connectivity index (χ0n) is 17.7. The highest BCUT2D eigenvalue weighted by molar-refractivity contribution is 7.91. The molecule has 0 aromatic carbocycles. The zero-order chi connectivity index (χ0) is 22.8. The van der Waals surface area contributed by atoms with Crippen LogP contribution in [0.4, 0.5) is 19.1 Å². The van der Waals surface area contributed by atoms with Gasteiger partial charge in [-0.15, -0.1) is 0 Å². The van der Waals surface area contributed by atoms with E-state index in [0.717, 1.165) is 23.9 Å². The smallest absolute Gasteiger partial charge is 0.351 e. The van der Waals surface area contributed by atoms with Gasteiger partial charge in [-0.2, -0.15) is 13.2 Å². The summed E-state index contributed by atoms with van der Waals surface area (Å²) < 4.78 is 64.3. The summed E-state index contributed by atoms with van der Waals surface area (Å²) in [5.41, 5.74) is -1.70. The number of carbonyl (C=O) groups excluding carboxylic acids is 1. The van der Waals surface area contributed by atoms with Crippen LogP contribution in [0.5, 0.6) is 0 Å². The number of aromatic nitrogens is 2. The first-order valence-corrected chi connectivity index (χ1v) is 12.3. The highest BCUT2D eigenvalue weighted by Gasteiger charge is 2.56. The Kier molecular flexibility index (Phi) is 5.26. The first-order valence-electron chi connectivity index (χ1n) is 10.5. The second-order valence-corrected chi connectivity index (χ2v) is 11.9. The van der Waals surface area contributed by atoms with Crippen LogP contribution in [0.25, 0.3) is 0 Å². The summed E-state index contributed by atoms with van der Waals surface area (Å²) in [6.45, 7) is 6.30. The molecule has 1 aromatic rings. The maximum absolute atomic E-state index is 13.7. The summed E-state index contributed by atoms with van der Waals surface area (Å²) in [7, 11) is -3.27. The van der Waals surface area contributed by atoms with Gasteiger partial charge in [0.05, 0.1) is 17.1 Å². The molecule has 1 amide bonds. The van der Waals surface area contributed by atoms with Crippen molar-refractivity contribution in [2.45, 2.75) is 45.8 Å². The van der Waals surface area contributed by atoms with E-state index in [1.165, 1.54) is 0 Å². The number of hydrogen-bond acceptors (Lipinski definition) is 6. The minimum Gasteiger partial charge on any atom is -0.351 e. The van der Waals surface area contributed by atoms with Gasteiger partial charge in [0.25, 0.3) is 5.91 Å². The number of nitrogens with zero attached hydrogens (tertiary/aromatic N) is 3. The number of fused-ring (bicyclic) bond motifs is 2. The van der Waals surface area contributed by atoms with E-state index in [1.807, 2.05) is 0 Å². The van der Waals surface area contributed by atoms with Crippen LogP contribution in [-0.2, 0) is 16.0 Å². The molecule has 3 aliphatic carbocycles. The Balaban J connectivity index is 1.55. The van der Waals surface area contributed by atoms with E-state index in [-0.39, 0.29) is 47.9 Å². The second-order valence-electron chi connectivity index (χ2n) is 9.60. The minimum atomic E-state index is -4.84. The van der Waals surface area contributed by atoms with Crippen molar-refractivity contribution in [2.24, 2.45) is 23.2 Å². The Morgan fingerprint density at radius 2 is 1.87 bits per heavy atom. The van der Waals surface area contributed by atoms with Gasteiger partial charge in [-0.25, -0.2) is 18.4 Å². The van der Waals surface area contributed by atoms with Crippen LogP contribution in [0.15, 0.2) is 6.20 Å². The molecule has 172 valence electrons. The predicted octanol–water partition coefficient (Wildman–Crippen LogP) is 2.85. The fraction of sp³-hybridized carbons (Fsp3) is 0.750. The molecule has 0 radical (unpaired) electrons. The topological polar surface area (TPSA) is 92.3 Å². The number of hydrogen-bond donors (Lipinski definition) is 1. The third-order valence-electron chi connectivity index (χ3n) is 7.59. The molecule has 3 saturated carbocycles. The van der Waals surface area contributed by atoms with Crippen molar-refractivity contribution in [3.8, 4) is 0 Å². The molecule has 5 rings (SSSR count). The SMILES string of the molecule is C[C@@H]1[C@H]2C[C@@H](C[C@H]1Nc1ncc(C(=O)N3CCS(=O)(=O)CC3)c(C(F)(F)F)n1)C2(C)C. The Morgan fingerprint density at radius 1 is 1.23 bits per heavy atom. The van der Waals surface area contributed by atoms with Crippen molar-refractivity contribution in [1.29, 1.82) is 0 Å². The zero-order valence-corrected chi connectivity index (χ0v) is 18.6. The molecule has 4 aliphatic rings. The fourth-order valence-corrected chi connectivity index (χ4v) is 6.62. The summed E-state index contributed by atoms with van der Waals surface area (Å²) in [6.07, 6.45) is -1.95. The van der Waals surface area contributed by atoms with E-state index < -0.39 is 33.2 Å². The number of anilines is 1. The van der Waals surface area contributed by atoms with E-state index in [0.29, 0.717) is 11.8 Å². The third kappa shape index (κ3) is 4.01. The standard InChI is InChI=1S/C20H27F3N4O3S/c1-11-14-8-12(19(14,2)3)9-15(11)25-18-24-10-13(16(26-18)20(21,22)23)17(28)27-4-6-31(29,30)7-5-27/h10-12,14-15H,4-9H2,1-3H3,(H,24,25,26)/t11-,12+,14-,15-/m1/s1. The molecule has 2 heterocycles. The van der Waals surface area contributed by atoms with Crippen LogP contribution in [0.3, 0.4) is 0 Å². The van der Waals surface area contributed by atoms with Gasteiger partial charge in [0.2, 0.25) is 5.95 Å². The van der Waals surface area contributed by atoms with Crippen molar-refractivity contribution >= 4 is 21.7 Å². The number of rotatable bonds is 3. The van der Waals surface area contributed by atoms with Crippen LogP contribution >= 0.6 is 0 Å². The van der Waals surface area contributed by atoms with Crippen LogP contribution < -0.4 is 5.32 Å². The van der Waals surface area contributed by atoms with Crippen molar-refractivity contribution in [1.82, 2.24) is 14.9 Å². The van der Waals surface area contributed by atoms with Gasteiger partial charge in [0.15, 0.2) is 15.5 Å². The van der Waals surface area contributed by atoms with Crippen molar-refractivity contribution in [3.05, 3.63) is 17.5 Å². The lowest BCUT2D eigenvalue weighted by atomic mass is 9.45. The summed E-state index contributed by atoms with van der Waals surface area (Å²) in [5.74, 6) is -0.275. The molecular formula is C20H27F3N4O3S. The van der Waals surface area contributed by atoms with Crippen LogP contribution in [0, 0.1) is 23.2 Å². The quantitative estimate of drug-likeness (QED) is 0.746. The Labute approximate surface area is 179 Å². The van der Waals surface area contributed by atoms with E-state index >= 15 is 0 Å². The molecule has 31 heavy (non-hydrogen) atoms. The van der Waals surface area contributed by atoms with Gasteiger partial charge in [0, 0.05) is 25.3 Å². The minimum absolute atomic E-state index is 0.0216. The highest BCUT2D eigenvalue weighted by atomic mass is 32.2. The number of sulfone groups is 1. The summed E-state index contributed by atoms with van der Waals surface area (Å²) >= 11 is 0. The maximum Gasteiger partial charge on any atom is 0.434 e. The molecule has 1 N–H and O–H groups in total. The molecule has 0 spiro atoms. The summed E-state index contributed by atoms with van der Waals surface area (Å²) in [6, 6.07) is -0.0216. The lowest BCUT2D eigenvalue weighted by molar-refractivity contribution is -0.141. The van der Waals surface area contributed by atoms with Gasteiger partial charge in [0.1, 0.15) is 0 Å². The molecule has 1 aliphatic heterocycles. The second kappa shape index (κ2) is 7.31. The van der Waals surface area contributed by atoms with Gasteiger partial charge in [-0.05, 0) is 36.0 Å². The molecule has 11 heteroatoms. The van der Waals surface area contributed by atoms with E-state index in [2.05, 4.69) is 36.1 Å². The average Bonchev–Trinajstić information content (AvgIpc) is 2.68. The van der Waals surface area contributed by atoms with Crippen molar-refractivity contribution in [2.75, 3.05) is 29.9 Å². The molecule has 4 fully saturated rings. The fourth-order valence-electron chi connectivity index (χ4n) is 5.42. The normalized spacial score (nSPS) is 31.6. The predicted molar refractivity (Wildman–Crippen MR) is 108 cm³/mol. The van der Waals surface area contributed by atoms with Gasteiger partial charge in [-0.3, -0.25) is 4.79 Å². The van der Waals surface area contributed by atoms with Crippen LogP contribution in [0.1, 0.15) is 49.7 Å². The van der Waals surface area contributed by atoms with Crippen molar-refractivity contribution in [3.63, 3.8) is 0 Å². The Morgan fingerprint density at radius 3 is 2.42 bits per heavy atom. The molecule has 1 saturated heterocycles. The Bertz CT molecular complexity index is 982. The Hall–Kier alpha value is -1.91. The summed E-state index contributed by atoms with van der Waals surface area (Å²) in [4.78, 5) is 21.5. The van der Waals surface area contributed by atoms with Crippen molar-refractivity contribution < 1.29 is 26.4 Å². The average molecular weight is 461 g/mol. The molecular weight excluding hydrogens is 433 g/mol. The molecule has 7 nitrogen and oxygen atoms in total. The number of carbonyl (C=O) groups is 1. The molecule has 0 unspecified atom stereocenters. The van der Waals surface area contributed by atoms with Crippen LogP contribution in [0.2, 0.25) is 0 Å². The maximum atomic E-state index is 13.7. The van der Waals surface area contributed by atoms with Gasteiger partial charge in [-0.1, -0.05) is 20.8 Å². The lowest BCUT2D eigenvalue weighted by Gasteiger charge is -2.62. The number of alkyl halides is 3. The number of halogens is 3. The number of nitrogens with one attached hydrogen (secondary N) is 1. The number of amides is 1. The first-order chi connectivity index (χ1) is 14.3. The van der Waals surface area contributed by atoms with E-state index in [4.69, 9.17) is 0 Å². The van der Waals surface area contributed by atoms with Gasteiger partial charge >= 0.3 is 6.18 Å². The first kappa shape index (κ1) is 22.3. The highest BCUT2D eigenvalue weighted by Crippen LogP contribution is 2.61. The largest absolute Gasteiger partial charge is 0.434 e. The molecule has 1 aromatic heterocycles. The molecule has 2 bridgehead atoms. The summed E-state index contributed by atoms with van der Waals surface area (Å²) in [5, 5.41) is 3.07. The van der Waals surface area contributed by atoms with E-state index in [9.17, 15) is 26.4 Å². The third-order valence-corrected chi connectivity index (χ3v) is 9.20. The lowest BCUT2D eigenvalue weighted by Crippen LogP contribution is -2.58. The van der Waals surface area contributed by atoms with E-state index in [1.54, 1.807) is 0 Å². The monoisotopic (exact) mass is 460 g/mol. The van der Waals surface area contributed by atoms with Gasteiger partial charge < -0.3 is 10.2 Å². The molecule has 4 atom stereocenters. The van der Waals surface area contributed by atoms with Crippen LogP contribution in [-0.4, -0.2) is 59.8 Å².